The third-order valence-corrected chi connectivity index (χ3v) is 4.10. The third-order valence-electron chi connectivity index (χ3n) is 3.55. The van der Waals surface area contributed by atoms with Crippen molar-refractivity contribution in [1.82, 2.24) is 4.98 Å². The van der Waals surface area contributed by atoms with Crippen LogP contribution >= 0.6 is 23.2 Å². The highest BCUT2D eigenvalue weighted by Crippen LogP contribution is 2.25. The lowest BCUT2D eigenvalue weighted by Gasteiger charge is -2.23. The van der Waals surface area contributed by atoms with Crippen molar-refractivity contribution >= 4 is 34.8 Å². The topological polar surface area (TPSA) is 64.7 Å². The maximum atomic E-state index is 13.1. The van der Waals surface area contributed by atoms with Crippen molar-refractivity contribution in [3.05, 3.63) is 94.2 Å². The van der Waals surface area contributed by atoms with Crippen LogP contribution in [0.25, 0.3) is 0 Å². The molecule has 0 saturated carbocycles. The number of hydrogen-bond acceptors (Lipinski definition) is 2. The van der Waals surface area contributed by atoms with Crippen LogP contribution < -0.4 is 4.90 Å². The van der Waals surface area contributed by atoms with Gasteiger partial charge in [-0.15, -0.1) is 0 Å². The fraction of sp³-hybridized carbons (Fsp3) is 0.0526. The molecule has 6 heteroatoms. The average Bonchev–Trinajstić information content (AvgIpc) is 2.61. The number of pyridine rings is 1. The van der Waals surface area contributed by atoms with Crippen molar-refractivity contribution in [2.45, 2.75) is 6.54 Å². The smallest absolute Gasteiger partial charge is 0.260 e. The molecule has 0 fully saturated rings. The molecule has 3 aromatic rings. The summed E-state index contributed by atoms with van der Waals surface area (Å²) in [6.07, 6.45) is 3.33. The fourth-order valence-corrected chi connectivity index (χ4v) is 2.86. The third kappa shape index (κ3) is 4.57. The quantitative estimate of drug-likeness (QED) is 0.678. The Morgan fingerprint density at radius 1 is 1.00 bits per heavy atom. The minimum Gasteiger partial charge on any atom is -0.412 e. The van der Waals surface area contributed by atoms with Gasteiger partial charge in [-0.05, 0) is 35.9 Å². The van der Waals surface area contributed by atoms with E-state index in [0.717, 1.165) is 5.56 Å². The number of halogens is 2. The van der Waals surface area contributed by atoms with Crippen molar-refractivity contribution in [3.8, 4) is 0 Å². The Morgan fingerprint density at radius 2 is 1.76 bits per heavy atom. The van der Waals surface area contributed by atoms with E-state index in [1.807, 2.05) is 36.4 Å². The largest absolute Gasteiger partial charge is 0.412 e. The van der Waals surface area contributed by atoms with E-state index in [2.05, 4.69) is 4.98 Å². The molecule has 3 rings (SSSR count). The SMILES string of the molecule is O.O=C(c1ccc(Cl)cc1Cl)N(Cc1ccccc1)c1cccnc1. The number of anilines is 1. The van der Waals surface area contributed by atoms with Crippen LogP contribution in [0.2, 0.25) is 10.0 Å². The fourth-order valence-electron chi connectivity index (χ4n) is 2.37. The van der Waals surface area contributed by atoms with E-state index in [4.69, 9.17) is 23.2 Å². The maximum Gasteiger partial charge on any atom is 0.260 e. The van der Waals surface area contributed by atoms with E-state index >= 15 is 0 Å². The highest BCUT2D eigenvalue weighted by molar-refractivity contribution is 6.37. The minimum atomic E-state index is -0.200. The Hall–Kier alpha value is -2.40. The molecule has 0 spiro atoms. The molecule has 0 bridgehead atoms. The summed E-state index contributed by atoms with van der Waals surface area (Å²) >= 11 is 12.1. The molecule has 0 radical (unpaired) electrons. The second-order valence-corrected chi connectivity index (χ2v) is 6.06. The lowest BCUT2D eigenvalue weighted by atomic mass is 10.1. The van der Waals surface area contributed by atoms with Gasteiger partial charge in [0.05, 0.1) is 29.0 Å². The number of nitrogens with zero attached hydrogens (tertiary/aromatic N) is 2. The molecule has 0 atom stereocenters. The maximum absolute atomic E-state index is 13.1. The van der Waals surface area contributed by atoms with Gasteiger partial charge in [0.25, 0.3) is 5.91 Å². The van der Waals surface area contributed by atoms with Crippen molar-refractivity contribution in [1.29, 1.82) is 0 Å². The Labute approximate surface area is 156 Å². The van der Waals surface area contributed by atoms with E-state index < -0.39 is 0 Å². The molecule has 4 nitrogen and oxygen atoms in total. The van der Waals surface area contributed by atoms with Gasteiger partial charge in [-0.3, -0.25) is 9.78 Å². The first-order chi connectivity index (χ1) is 11.6. The summed E-state index contributed by atoms with van der Waals surface area (Å²) in [5.74, 6) is -0.200. The zero-order valence-electron chi connectivity index (χ0n) is 13.2. The van der Waals surface area contributed by atoms with E-state index in [1.54, 1.807) is 41.6 Å². The first kappa shape index (κ1) is 18.9. The molecule has 2 aromatic carbocycles. The van der Waals surface area contributed by atoms with Crippen molar-refractivity contribution < 1.29 is 10.3 Å². The molecule has 1 aromatic heterocycles. The van der Waals surface area contributed by atoms with Crippen molar-refractivity contribution in [2.24, 2.45) is 0 Å². The first-order valence-electron chi connectivity index (χ1n) is 7.36. The molecular formula is C19H16Cl2N2O2. The molecule has 1 heterocycles. The van der Waals surface area contributed by atoms with Gasteiger partial charge in [0.1, 0.15) is 0 Å². The van der Waals surface area contributed by atoms with Gasteiger partial charge < -0.3 is 10.4 Å². The highest BCUT2D eigenvalue weighted by atomic mass is 35.5. The molecule has 0 aliphatic rings. The van der Waals surface area contributed by atoms with Crippen LogP contribution in [0.15, 0.2) is 73.1 Å². The number of amides is 1. The number of carbonyl (C=O) groups is 1. The van der Waals surface area contributed by atoms with Crippen LogP contribution in [0.3, 0.4) is 0 Å². The second-order valence-electron chi connectivity index (χ2n) is 5.21. The van der Waals surface area contributed by atoms with E-state index in [0.29, 0.717) is 27.8 Å². The van der Waals surface area contributed by atoms with E-state index in [1.165, 1.54) is 0 Å². The number of carbonyl (C=O) groups excluding carboxylic acids is 1. The first-order valence-corrected chi connectivity index (χ1v) is 8.11. The van der Waals surface area contributed by atoms with Crippen LogP contribution in [0.4, 0.5) is 5.69 Å². The standard InChI is InChI=1S/C19H14Cl2N2O.H2O/c20-15-8-9-17(18(21)11-15)19(24)23(16-7-4-10-22-12-16)13-14-5-2-1-3-6-14;/h1-12H,13H2;1H2. The average molecular weight is 375 g/mol. The number of rotatable bonds is 4. The predicted octanol–water partition coefficient (Wildman–Crippen LogP) is 4.41. The molecule has 1 amide bonds. The normalized spacial score (nSPS) is 10.0. The molecule has 2 N–H and O–H groups in total. The Kier molecular flexibility index (Phi) is 6.53. The minimum absolute atomic E-state index is 0. The molecule has 128 valence electrons. The zero-order chi connectivity index (χ0) is 16.9. The molecule has 0 aliphatic heterocycles. The number of hydrogen-bond donors (Lipinski definition) is 0. The molecular weight excluding hydrogens is 359 g/mol. The molecule has 25 heavy (non-hydrogen) atoms. The second kappa shape index (κ2) is 8.62. The number of aromatic nitrogens is 1. The van der Waals surface area contributed by atoms with Gasteiger partial charge in [-0.1, -0.05) is 53.5 Å². The lowest BCUT2D eigenvalue weighted by Crippen LogP contribution is -2.30. The van der Waals surface area contributed by atoms with Gasteiger partial charge in [0.15, 0.2) is 0 Å². The molecule has 0 aliphatic carbocycles. The van der Waals surface area contributed by atoms with Crippen LogP contribution in [-0.4, -0.2) is 16.4 Å². The van der Waals surface area contributed by atoms with Crippen LogP contribution in [-0.2, 0) is 6.54 Å². The van der Waals surface area contributed by atoms with Gasteiger partial charge in [0.2, 0.25) is 0 Å². The summed E-state index contributed by atoms with van der Waals surface area (Å²) in [5, 5.41) is 0.821. The summed E-state index contributed by atoms with van der Waals surface area (Å²) in [7, 11) is 0. The summed E-state index contributed by atoms with van der Waals surface area (Å²) in [5.41, 5.74) is 2.12. The van der Waals surface area contributed by atoms with Crippen molar-refractivity contribution in [2.75, 3.05) is 4.90 Å². The molecule has 0 saturated heterocycles. The van der Waals surface area contributed by atoms with Gasteiger partial charge in [-0.25, -0.2) is 0 Å². The molecule has 0 unspecified atom stereocenters. The summed E-state index contributed by atoms with van der Waals surface area (Å²) in [6, 6.07) is 18.3. The Morgan fingerprint density at radius 3 is 2.40 bits per heavy atom. The monoisotopic (exact) mass is 374 g/mol. The van der Waals surface area contributed by atoms with Crippen LogP contribution in [0.5, 0.6) is 0 Å². The number of benzene rings is 2. The summed E-state index contributed by atoms with van der Waals surface area (Å²) < 4.78 is 0. The lowest BCUT2D eigenvalue weighted by molar-refractivity contribution is 0.0985. The van der Waals surface area contributed by atoms with Gasteiger partial charge in [0, 0.05) is 11.2 Å². The van der Waals surface area contributed by atoms with Gasteiger partial charge >= 0.3 is 0 Å². The predicted molar refractivity (Wildman–Crippen MR) is 101 cm³/mol. The summed E-state index contributed by atoms with van der Waals surface area (Å²) in [6.45, 7) is 0.421. The van der Waals surface area contributed by atoms with Crippen LogP contribution in [0.1, 0.15) is 15.9 Å². The van der Waals surface area contributed by atoms with Crippen molar-refractivity contribution in [3.63, 3.8) is 0 Å². The summed E-state index contributed by atoms with van der Waals surface area (Å²) in [4.78, 5) is 18.8. The Balaban J connectivity index is 0.00000225. The van der Waals surface area contributed by atoms with E-state index in [-0.39, 0.29) is 11.4 Å². The van der Waals surface area contributed by atoms with E-state index in [9.17, 15) is 4.79 Å². The Bertz CT molecular complexity index is 843. The zero-order valence-corrected chi connectivity index (χ0v) is 14.7. The highest BCUT2D eigenvalue weighted by Gasteiger charge is 2.20. The van der Waals surface area contributed by atoms with Crippen LogP contribution in [0, 0.1) is 0 Å². The van der Waals surface area contributed by atoms with Gasteiger partial charge in [-0.2, -0.15) is 0 Å².